The Kier molecular flexibility index (Phi) is 4.31. The summed E-state index contributed by atoms with van der Waals surface area (Å²) in [5.41, 5.74) is 4.76. The summed E-state index contributed by atoms with van der Waals surface area (Å²) in [6, 6.07) is 4.25. The predicted octanol–water partition coefficient (Wildman–Crippen LogP) is 1.83. The molecule has 3 aromatic rings. The van der Waals surface area contributed by atoms with E-state index in [1.807, 2.05) is 13.0 Å². The van der Waals surface area contributed by atoms with E-state index in [9.17, 15) is 4.79 Å². The summed E-state index contributed by atoms with van der Waals surface area (Å²) in [4.78, 5) is 25.9. The first-order valence-electron chi connectivity index (χ1n) is 9.95. The number of rotatable bonds is 2. The number of amides is 2. The summed E-state index contributed by atoms with van der Waals surface area (Å²) in [6.07, 6.45) is 5.91. The average Bonchev–Trinajstić information content (AvgIpc) is 3.34. The second kappa shape index (κ2) is 7.00. The van der Waals surface area contributed by atoms with Crippen LogP contribution in [0.3, 0.4) is 0 Å². The van der Waals surface area contributed by atoms with Crippen LogP contribution in [0.1, 0.15) is 18.1 Å². The lowest BCUT2D eigenvalue weighted by atomic mass is 10.1. The molecule has 150 valence electrons. The summed E-state index contributed by atoms with van der Waals surface area (Å²) in [5, 5.41) is 10.6. The molecule has 1 fully saturated rings. The molecule has 1 atom stereocenters. The number of nitrogens with one attached hydrogen (secondary N) is 2. The maximum atomic E-state index is 13.0. The van der Waals surface area contributed by atoms with Crippen molar-refractivity contribution < 1.29 is 4.79 Å². The standard InChI is InChI=1S/C20H24N8O/c1-13-9-18-23-12-24-28(18)11-16(13)25-20(29)27-7-4-15-17(3-5-22-19(15)27)26-8-6-21-14(2)10-26/h3,5,9,11-12,14,21H,4,6-8,10H2,1-2H3,(H,25,29)/t14-/m1/s1. The van der Waals surface area contributed by atoms with Gasteiger partial charge >= 0.3 is 6.03 Å². The number of hydrogen-bond donors (Lipinski definition) is 2. The van der Waals surface area contributed by atoms with E-state index in [2.05, 4.69) is 43.6 Å². The largest absolute Gasteiger partial charge is 0.368 e. The number of aromatic nitrogens is 4. The maximum absolute atomic E-state index is 13.0. The van der Waals surface area contributed by atoms with Gasteiger partial charge in [0.1, 0.15) is 12.1 Å². The van der Waals surface area contributed by atoms with Gasteiger partial charge in [0, 0.05) is 49.7 Å². The van der Waals surface area contributed by atoms with E-state index < -0.39 is 0 Å². The fraction of sp³-hybridized carbons (Fsp3) is 0.400. The molecular formula is C20H24N8O. The van der Waals surface area contributed by atoms with E-state index in [1.165, 1.54) is 12.0 Å². The molecule has 0 aromatic carbocycles. The van der Waals surface area contributed by atoms with Gasteiger partial charge in [-0.25, -0.2) is 19.3 Å². The van der Waals surface area contributed by atoms with E-state index in [-0.39, 0.29) is 6.03 Å². The molecule has 0 radical (unpaired) electrons. The number of urea groups is 1. The molecule has 5 heterocycles. The number of piperazine rings is 1. The van der Waals surface area contributed by atoms with Crippen molar-refractivity contribution in [3.63, 3.8) is 0 Å². The fourth-order valence-corrected chi connectivity index (χ4v) is 4.19. The maximum Gasteiger partial charge on any atom is 0.327 e. The molecule has 5 rings (SSSR count). The molecule has 29 heavy (non-hydrogen) atoms. The lowest BCUT2D eigenvalue weighted by Crippen LogP contribution is -2.49. The predicted molar refractivity (Wildman–Crippen MR) is 112 cm³/mol. The monoisotopic (exact) mass is 392 g/mol. The smallest absolute Gasteiger partial charge is 0.327 e. The Hall–Kier alpha value is -3.20. The van der Waals surface area contributed by atoms with Crippen LogP contribution in [0.4, 0.5) is 22.0 Å². The Labute approximate surface area is 168 Å². The van der Waals surface area contributed by atoms with Gasteiger partial charge < -0.3 is 15.5 Å². The van der Waals surface area contributed by atoms with Crippen LogP contribution in [0.25, 0.3) is 5.65 Å². The third-order valence-electron chi connectivity index (χ3n) is 5.67. The molecule has 2 aliphatic heterocycles. The zero-order chi connectivity index (χ0) is 20.0. The second-order valence-corrected chi connectivity index (χ2v) is 7.70. The normalized spacial score (nSPS) is 18.9. The van der Waals surface area contributed by atoms with Gasteiger partial charge in [-0.05, 0) is 38.0 Å². The highest BCUT2D eigenvalue weighted by Crippen LogP contribution is 2.34. The quantitative estimate of drug-likeness (QED) is 0.691. The molecule has 2 N–H and O–H groups in total. The summed E-state index contributed by atoms with van der Waals surface area (Å²) < 4.78 is 1.66. The zero-order valence-electron chi connectivity index (χ0n) is 16.6. The number of pyridine rings is 2. The number of fused-ring (bicyclic) bond motifs is 2. The van der Waals surface area contributed by atoms with E-state index in [4.69, 9.17) is 0 Å². The van der Waals surface area contributed by atoms with Crippen LogP contribution >= 0.6 is 0 Å². The molecule has 9 heteroatoms. The fourth-order valence-electron chi connectivity index (χ4n) is 4.19. The Balaban J connectivity index is 1.40. The molecule has 0 aliphatic carbocycles. The molecule has 9 nitrogen and oxygen atoms in total. The average molecular weight is 392 g/mol. The van der Waals surface area contributed by atoms with Gasteiger partial charge in [0.25, 0.3) is 0 Å². The number of nitrogens with zero attached hydrogens (tertiary/aromatic N) is 6. The lowest BCUT2D eigenvalue weighted by Gasteiger charge is -2.34. The van der Waals surface area contributed by atoms with Gasteiger partial charge in [0.15, 0.2) is 5.65 Å². The van der Waals surface area contributed by atoms with Gasteiger partial charge in [-0.1, -0.05) is 0 Å². The molecule has 3 aromatic heterocycles. The topological polar surface area (TPSA) is 90.7 Å². The van der Waals surface area contributed by atoms with Gasteiger partial charge in [0.2, 0.25) is 0 Å². The van der Waals surface area contributed by atoms with Gasteiger partial charge in [-0.2, -0.15) is 5.10 Å². The SMILES string of the molecule is Cc1cc2ncnn2cc1NC(=O)N1CCc2c(N3CCN[C@H](C)C3)ccnc21. The summed E-state index contributed by atoms with van der Waals surface area (Å²) in [6.45, 7) is 7.65. The number of carbonyl (C=O) groups is 1. The Morgan fingerprint density at radius 1 is 1.31 bits per heavy atom. The third-order valence-corrected chi connectivity index (χ3v) is 5.67. The molecule has 0 spiro atoms. The summed E-state index contributed by atoms with van der Waals surface area (Å²) in [7, 11) is 0. The molecule has 0 saturated carbocycles. The number of hydrogen-bond acceptors (Lipinski definition) is 6. The van der Waals surface area contributed by atoms with Crippen molar-refractivity contribution in [2.45, 2.75) is 26.3 Å². The number of aryl methyl sites for hydroxylation is 1. The van der Waals surface area contributed by atoms with Crippen molar-refractivity contribution in [3.8, 4) is 0 Å². The van der Waals surface area contributed by atoms with Crippen LogP contribution < -0.4 is 20.4 Å². The first-order chi connectivity index (χ1) is 14.1. The highest BCUT2D eigenvalue weighted by molar-refractivity contribution is 6.03. The second-order valence-electron chi connectivity index (χ2n) is 7.70. The molecule has 2 aliphatic rings. The van der Waals surface area contributed by atoms with Crippen LogP contribution in [0.2, 0.25) is 0 Å². The minimum Gasteiger partial charge on any atom is -0.368 e. The van der Waals surface area contributed by atoms with Crippen molar-refractivity contribution in [1.82, 2.24) is 24.9 Å². The van der Waals surface area contributed by atoms with Crippen LogP contribution in [-0.4, -0.2) is 57.8 Å². The van der Waals surface area contributed by atoms with E-state index >= 15 is 0 Å². The zero-order valence-corrected chi connectivity index (χ0v) is 16.6. The third kappa shape index (κ3) is 3.17. The Morgan fingerprint density at radius 2 is 2.21 bits per heavy atom. The molecular weight excluding hydrogens is 368 g/mol. The first kappa shape index (κ1) is 17.9. The van der Waals surface area contributed by atoms with E-state index in [1.54, 1.807) is 21.8 Å². The minimum atomic E-state index is -0.176. The lowest BCUT2D eigenvalue weighted by molar-refractivity contribution is 0.257. The number of carbonyl (C=O) groups excluding carboxylic acids is 1. The van der Waals surface area contributed by atoms with Crippen molar-refractivity contribution >= 4 is 28.9 Å². The van der Waals surface area contributed by atoms with Gasteiger partial charge in [0.05, 0.1) is 11.9 Å². The molecule has 0 bridgehead atoms. The Bertz CT molecular complexity index is 1080. The minimum absolute atomic E-state index is 0.176. The van der Waals surface area contributed by atoms with E-state index in [0.717, 1.165) is 48.6 Å². The summed E-state index contributed by atoms with van der Waals surface area (Å²) >= 11 is 0. The van der Waals surface area contributed by atoms with Gasteiger partial charge in [-0.3, -0.25) is 4.90 Å². The van der Waals surface area contributed by atoms with Crippen LogP contribution in [0.15, 0.2) is 30.9 Å². The van der Waals surface area contributed by atoms with Crippen molar-refractivity contribution in [2.75, 3.05) is 41.3 Å². The van der Waals surface area contributed by atoms with Crippen molar-refractivity contribution in [1.29, 1.82) is 0 Å². The molecule has 1 saturated heterocycles. The van der Waals surface area contributed by atoms with Crippen LogP contribution in [-0.2, 0) is 6.42 Å². The van der Waals surface area contributed by atoms with Gasteiger partial charge in [-0.15, -0.1) is 0 Å². The first-order valence-corrected chi connectivity index (χ1v) is 9.95. The number of anilines is 3. The Morgan fingerprint density at radius 3 is 3.07 bits per heavy atom. The van der Waals surface area contributed by atoms with Crippen LogP contribution in [0, 0.1) is 6.92 Å². The van der Waals surface area contributed by atoms with Crippen LogP contribution in [0.5, 0.6) is 0 Å². The highest BCUT2D eigenvalue weighted by Gasteiger charge is 2.30. The highest BCUT2D eigenvalue weighted by atomic mass is 16.2. The molecule has 2 amide bonds. The molecule has 0 unspecified atom stereocenters. The summed E-state index contributed by atoms with van der Waals surface area (Å²) in [5.74, 6) is 0.755. The van der Waals surface area contributed by atoms with Crippen molar-refractivity contribution in [2.24, 2.45) is 0 Å². The van der Waals surface area contributed by atoms with Crippen molar-refractivity contribution in [3.05, 3.63) is 42.0 Å². The van der Waals surface area contributed by atoms with E-state index in [0.29, 0.717) is 18.3 Å².